The van der Waals surface area contributed by atoms with Crippen molar-refractivity contribution in [1.82, 2.24) is 5.09 Å². The van der Waals surface area contributed by atoms with Gasteiger partial charge in [0, 0.05) is 0 Å². The van der Waals surface area contributed by atoms with Gasteiger partial charge in [0.25, 0.3) is 0 Å². The van der Waals surface area contributed by atoms with E-state index in [1.807, 2.05) is 0 Å². The summed E-state index contributed by atoms with van der Waals surface area (Å²) in [6.45, 7) is 8.53. The van der Waals surface area contributed by atoms with Crippen molar-refractivity contribution in [2.75, 3.05) is 6.61 Å². The standard InChI is InChI=1S/C15H23FNO4P/c1-6-20-14(18)15(4,5)17-22(19,11(2)3)21-13-9-7-12(16)8-10-13/h7-11H,6H2,1-5H3,(H,17,19)/t22-/m0/s1. The van der Waals surface area contributed by atoms with Crippen molar-refractivity contribution in [2.45, 2.75) is 45.8 Å². The quantitative estimate of drug-likeness (QED) is 0.609. The highest BCUT2D eigenvalue weighted by Crippen LogP contribution is 2.49. The van der Waals surface area contributed by atoms with Crippen LogP contribution in [0.15, 0.2) is 24.3 Å². The van der Waals surface area contributed by atoms with E-state index in [4.69, 9.17) is 9.26 Å². The van der Waals surface area contributed by atoms with Gasteiger partial charge in [-0.3, -0.25) is 9.36 Å². The molecule has 0 saturated heterocycles. The van der Waals surface area contributed by atoms with Crippen molar-refractivity contribution in [3.63, 3.8) is 0 Å². The van der Waals surface area contributed by atoms with Crippen LogP contribution in [-0.2, 0) is 14.1 Å². The summed E-state index contributed by atoms with van der Waals surface area (Å²) in [5.41, 5.74) is -1.55. The van der Waals surface area contributed by atoms with Gasteiger partial charge in [0.1, 0.15) is 17.1 Å². The minimum atomic E-state index is -3.40. The van der Waals surface area contributed by atoms with Gasteiger partial charge in [-0.1, -0.05) is 13.8 Å². The average Bonchev–Trinajstić information content (AvgIpc) is 2.41. The Balaban J connectivity index is 2.98. The van der Waals surface area contributed by atoms with Gasteiger partial charge in [0.05, 0.1) is 12.3 Å². The second-order valence-corrected chi connectivity index (χ2v) is 8.33. The van der Waals surface area contributed by atoms with Crippen LogP contribution in [-0.4, -0.2) is 23.8 Å². The average molecular weight is 331 g/mol. The molecule has 0 aliphatic rings. The third-order valence-electron chi connectivity index (χ3n) is 2.96. The van der Waals surface area contributed by atoms with Crippen molar-refractivity contribution in [1.29, 1.82) is 0 Å². The fourth-order valence-corrected chi connectivity index (χ4v) is 3.48. The molecular formula is C15H23FNO4P. The lowest BCUT2D eigenvalue weighted by Gasteiger charge is -2.31. The van der Waals surface area contributed by atoms with E-state index in [0.29, 0.717) is 0 Å². The predicted molar refractivity (Wildman–Crippen MR) is 83.6 cm³/mol. The van der Waals surface area contributed by atoms with E-state index in [2.05, 4.69) is 5.09 Å². The molecule has 0 fully saturated rings. The number of ether oxygens (including phenoxy) is 1. The van der Waals surface area contributed by atoms with Crippen molar-refractivity contribution in [3.8, 4) is 5.75 Å². The number of halogens is 1. The molecule has 1 aromatic carbocycles. The molecule has 1 N–H and O–H groups in total. The van der Waals surface area contributed by atoms with Crippen LogP contribution >= 0.6 is 7.52 Å². The van der Waals surface area contributed by atoms with Crippen LogP contribution in [0.2, 0.25) is 0 Å². The van der Waals surface area contributed by atoms with Crippen LogP contribution in [0.25, 0.3) is 0 Å². The van der Waals surface area contributed by atoms with E-state index in [1.165, 1.54) is 24.3 Å². The Bertz CT molecular complexity index is 557. The summed E-state index contributed by atoms with van der Waals surface area (Å²) >= 11 is 0. The van der Waals surface area contributed by atoms with Gasteiger partial charge in [0.15, 0.2) is 0 Å². The summed E-state index contributed by atoms with van der Waals surface area (Å²) in [4.78, 5) is 12.0. The molecule has 0 aliphatic heterocycles. The van der Waals surface area contributed by atoms with E-state index in [-0.39, 0.29) is 18.0 Å². The largest absolute Gasteiger partial charge is 0.465 e. The van der Waals surface area contributed by atoms with Gasteiger partial charge >= 0.3 is 13.5 Å². The Morgan fingerprint density at radius 3 is 2.32 bits per heavy atom. The van der Waals surface area contributed by atoms with Crippen LogP contribution in [0.5, 0.6) is 5.75 Å². The van der Waals surface area contributed by atoms with Crippen LogP contribution in [0.1, 0.15) is 34.6 Å². The van der Waals surface area contributed by atoms with Crippen molar-refractivity contribution >= 4 is 13.5 Å². The smallest absolute Gasteiger partial charge is 0.326 e. The molecule has 0 spiro atoms. The summed E-state index contributed by atoms with van der Waals surface area (Å²) in [6, 6.07) is 5.22. The fraction of sp³-hybridized carbons (Fsp3) is 0.533. The Morgan fingerprint density at radius 1 is 1.32 bits per heavy atom. The van der Waals surface area contributed by atoms with Crippen LogP contribution < -0.4 is 9.61 Å². The van der Waals surface area contributed by atoms with Gasteiger partial charge in [-0.05, 0) is 45.0 Å². The zero-order chi connectivity index (χ0) is 17.0. The number of nitrogens with one attached hydrogen (secondary N) is 1. The van der Waals surface area contributed by atoms with Gasteiger partial charge in [-0.15, -0.1) is 0 Å². The van der Waals surface area contributed by atoms with Gasteiger partial charge in [-0.25, -0.2) is 9.48 Å². The van der Waals surface area contributed by atoms with Crippen LogP contribution in [0.3, 0.4) is 0 Å². The van der Waals surface area contributed by atoms with Crippen LogP contribution in [0.4, 0.5) is 4.39 Å². The predicted octanol–water partition coefficient (Wildman–Crippen LogP) is 3.74. The summed E-state index contributed by atoms with van der Waals surface area (Å²) in [5, 5.41) is 2.78. The molecule has 0 heterocycles. The molecule has 7 heteroatoms. The molecule has 22 heavy (non-hydrogen) atoms. The van der Waals surface area contributed by atoms with Gasteiger partial charge < -0.3 is 9.26 Å². The minimum absolute atomic E-state index is 0.231. The maximum absolute atomic E-state index is 13.1. The molecule has 0 amide bonds. The number of carbonyl (C=O) groups is 1. The highest BCUT2D eigenvalue weighted by Gasteiger charge is 2.40. The van der Waals surface area contributed by atoms with E-state index >= 15 is 0 Å². The summed E-state index contributed by atoms with van der Waals surface area (Å²) < 4.78 is 36.5. The number of rotatable bonds is 7. The SMILES string of the molecule is CCOC(=O)C(C)(C)N[P@@](=O)(Oc1ccc(F)cc1)C(C)C. The van der Waals surface area contributed by atoms with Crippen LogP contribution in [0, 0.1) is 5.82 Å². The van der Waals surface area contributed by atoms with E-state index in [1.54, 1.807) is 34.6 Å². The molecule has 1 aromatic rings. The third kappa shape index (κ3) is 4.82. The summed E-state index contributed by atoms with van der Waals surface area (Å²) in [5.74, 6) is -0.657. The van der Waals surface area contributed by atoms with Crippen molar-refractivity contribution in [2.24, 2.45) is 0 Å². The molecule has 1 atom stereocenters. The highest BCUT2D eigenvalue weighted by molar-refractivity contribution is 7.58. The second kappa shape index (κ2) is 7.25. The number of esters is 1. The van der Waals surface area contributed by atoms with Crippen molar-refractivity contribution in [3.05, 3.63) is 30.1 Å². The monoisotopic (exact) mass is 331 g/mol. The Hall–Kier alpha value is -1.39. The third-order valence-corrected chi connectivity index (χ3v) is 5.67. The first-order valence-corrected chi connectivity index (χ1v) is 8.81. The molecule has 0 saturated carbocycles. The molecule has 1 rings (SSSR count). The van der Waals surface area contributed by atoms with Gasteiger partial charge in [0.2, 0.25) is 0 Å². The Kier molecular flexibility index (Phi) is 6.15. The maximum Gasteiger partial charge on any atom is 0.326 e. The number of hydrogen-bond acceptors (Lipinski definition) is 4. The van der Waals surface area contributed by atoms with E-state index in [0.717, 1.165) is 0 Å². The molecule has 0 aromatic heterocycles. The number of carbonyl (C=O) groups excluding carboxylic acids is 1. The molecule has 124 valence electrons. The van der Waals surface area contributed by atoms with E-state index in [9.17, 15) is 13.8 Å². The zero-order valence-electron chi connectivity index (χ0n) is 13.6. The first-order valence-electron chi connectivity index (χ1n) is 7.12. The maximum atomic E-state index is 13.1. The van der Waals surface area contributed by atoms with Crippen molar-refractivity contribution < 1.29 is 23.0 Å². The Morgan fingerprint density at radius 2 is 1.86 bits per heavy atom. The Labute approximate surface area is 130 Å². The number of hydrogen-bond donors (Lipinski definition) is 1. The summed E-state index contributed by atoms with van der Waals surface area (Å²) in [6.07, 6.45) is 0. The highest BCUT2D eigenvalue weighted by atomic mass is 31.2. The summed E-state index contributed by atoms with van der Waals surface area (Å²) in [7, 11) is -3.40. The first kappa shape index (κ1) is 18.7. The molecule has 0 aliphatic carbocycles. The normalized spacial score (nSPS) is 14.5. The molecule has 0 radical (unpaired) electrons. The molecule has 0 unspecified atom stereocenters. The minimum Gasteiger partial charge on any atom is -0.465 e. The molecular weight excluding hydrogens is 308 g/mol. The lowest BCUT2D eigenvalue weighted by atomic mass is 10.1. The molecule has 0 bridgehead atoms. The lowest BCUT2D eigenvalue weighted by Crippen LogP contribution is -2.47. The first-order chi connectivity index (χ1) is 10.1. The topological polar surface area (TPSA) is 64.6 Å². The molecule has 5 nitrogen and oxygen atoms in total. The lowest BCUT2D eigenvalue weighted by molar-refractivity contribution is -0.149. The number of benzene rings is 1. The van der Waals surface area contributed by atoms with E-state index < -0.39 is 24.8 Å². The van der Waals surface area contributed by atoms with Gasteiger partial charge in [-0.2, -0.15) is 0 Å². The second-order valence-electron chi connectivity index (χ2n) is 5.69. The zero-order valence-corrected chi connectivity index (χ0v) is 14.4. The fourth-order valence-electron chi connectivity index (χ4n) is 1.66.